The van der Waals surface area contributed by atoms with Gasteiger partial charge in [-0.3, -0.25) is 4.79 Å². The van der Waals surface area contributed by atoms with Gasteiger partial charge < -0.3 is 21.3 Å². The van der Waals surface area contributed by atoms with Crippen molar-refractivity contribution in [3.63, 3.8) is 0 Å². The topological polar surface area (TPSA) is 87.5 Å². The normalized spacial score (nSPS) is 31.3. The van der Waals surface area contributed by atoms with Crippen molar-refractivity contribution in [1.82, 2.24) is 10.2 Å². The number of amides is 3. The maximum Gasteiger partial charge on any atom is 0.321 e. The second-order valence-electron chi connectivity index (χ2n) is 8.80. The van der Waals surface area contributed by atoms with Crippen molar-refractivity contribution in [3.05, 3.63) is 30.3 Å². The Balaban J connectivity index is 0.00000240. The zero-order valence-corrected chi connectivity index (χ0v) is 17.7. The smallest absolute Gasteiger partial charge is 0.321 e. The quantitative estimate of drug-likeness (QED) is 0.700. The SMILES string of the molecule is Cl.NC1CC2CCCC(C1)C2NC(=O)C1CCCN(C(=O)Nc2ccccc2)C1. The summed E-state index contributed by atoms with van der Waals surface area (Å²) in [5.41, 5.74) is 6.99. The number of nitrogens with two attached hydrogens (primary N) is 1. The van der Waals surface area contributed by atoms with Crippen LogP contribution in [0, 0.1) is 17.8 Å². The highest BCUT2D eigenvalue weighted by atomic mass is 35.5. The predicted octanol–water partition coefficient (Wildman–Crippen LogP) is 3.37. The lowest BCUT2D eigenvalue weighted by Gasteiger charge is -2.46. The Hall–Kier alpha value is -1.79. The molecule has 7 heteroatoms. The molecular weight excluding hydrogens is 388 g/mol. The minimum absolute atomic E-state index is 0. The summed E-state index contributed by atoms with van der Waals surface area (Å²) < 4.78 is 0. The monoisotopic (exact) mass is 420 g/mol. The number of benzene rings is 1. The molecule has 2 aliphatic carbocycles. The zero-order valence-electron chi connectivity index (χ0n) is 16.9. The molecule has 1 aromatic rings. The van der Waals surface area contributed by atoms with Crippen molar-refractivity contribution >= 4 is 30.0 Å². The van der Waals surface area contributed by atoms with E-state index in [2.05, 4.69) is 10.6 Å². The number of para-hydroxylation sites is 1. The summed E-state index contributed by atoms with van der Waals surface area (Å²) in [5, 5.41) is 6.30. The van der Waals surface area contributed by atoms with Gasteiger partial charge >= 0.3 is 6.03 Å². The number of rotatable bonds is 3. The fourth-order valence-electron chi connectivity index (χ4n) is 5.41. The van der Waals surface area contributed by atoms with Crippen molar-refractivity contribution in [1.29, 1.82) is 0 Å². The molecule has 6 nitrogen and oxygen atoms in total. The molecule has 3 atom stereocenters. The van der Waals surface area contributed by atoms with E-state index in [1.165, 1.54) is 19.3 Å². The minimum Gasteiger partial charge on any atom is -0.353 e. The highest BCUT2D eigenvalue weighted by Gasteiger charge is 2.41. The lowest BCUT2D eigenvalue weighted by Crippen LogP contribution is -2.56. The molecule has 1 saturated heterocycles. The number of halogens is 1. The molecule has 0 spiro atoms. The van der Waals surface area contributed by atoms with Gasteiger partial charge in [0.05, 0.1) is 5.92 Å². The maximum absolute atomic E-state index is 13.0. The Kier molecular flexibility index (Phi) is 7.41. The van der Waals surface area contributed by atoms with Gasteiger partial charge in [-0.05, 0) is 62.5 Å². The number of hydrogen-bond donors (Lipinski definition) is 3. The molecule has 4 rings (SSSR count). The van der Waals surface area contributed by atoms with Gasteiger partial charge in [0.25, 0.3) is 0 Å². The Morgan fingerprint density at radius 1 is 1.00 bits per heavy atom. The average Bonchev–Trinajstić information content (AvgIpc) is 2.69. The number of likely N-dealkylation sites (tertiary alicyclic amines) is 1. The second kappa shape index (κ2) is 9.81. The lowest BCUT2D eigenvalue weighted by atomic mass is 9.67. The second-order valence-corrected chi connectivity index (χ2v) is 8.80. The molecule has 29 heavy (non-hydrogen) atoms. The van der Waals surface area contributed by atoms with Gasteiger partial charge in [0.15, 0.2) is 0 Å². The third kappa shape index (κ3) is 5.23. The Labute approximate surface area is 179 Å². The molecular formula is C22H33ClN4O2. The largest absolute Gasteiger partial charge is 0.353 e. The molecule has 2 bridgehead atoms. The molecule has 0 radical (unpaired) electrons. The van der Waals surface area contributed by atoms with Crippen LogP contribution in [0.25, 0.3) is 0 Å². The number of nitrogens with zero attached hydrogens (tertiary/aromatic N) is 1. The van der Waals surface area contributed by atoms with Gasteiger partial charge in [-0.15, -0.1) is 12.4 Å². The number of urea groups is 1. The first kappa shape index (κ1) is 21.9. The summed E-state index contributed by atoms with van der Waals surface area (Å²) in [7, 11) is 0. The van der Waals surface area contributed by atoms with Crippen molar-refractivity contribution in [2.24, 2.45) is 23.5 Å². The van der Waals surface area contributed by atoms with Crippen LogP contribution in [0.15, 0.2) is 30.3 Å². The van der Waals surface area contributed by atoms with Gasteiger partial charge in [-0.25, -0.2) is 4.79 Å². The molecule has 0 aromatic heterocycles. The first-order valence-corrected chi connectivity index (χ1v) is 10.8. The van der Waals surface area contributed by atoms with E-state index < -0.39 is 0 Å². The molecule has 160 valence electrons. The summed E-state index contributed by atoms with van der Waals surface area (Å²) in [6.45, 7) is 1.19. The van der Waals surface area contributed by atoms with Gasteiger partial charge in [-0.2, -0.15) is 0 Å². The third-order valence-corrected chi connectivity index (χ3v) is 6.79. The first-order chi connectivity index (χ1) is 13.6. The van der Waals surface area contributed by atoms with Crippen LogP contribution in [-0.4, -0.2) is 42.0 Å². The van der Waals surface area contributed by atoms with E-state index in [-0.39, 0.29) is 42.3 Å². The van der Waals surface area contributed by atoms with Gasteiger partial charge in [-0.1, -0.05) is 24.6 Å². The van der Waals surface area contributed by atoms with E-state index in [1.54, 1.807) is 4.90 Å². The lowest BCUT2D eigenvalue weighted by molar-refractivity contribution is -0.128. The van der Waals surface area contributed by atoms with E-state index in [9.17, 15) is 9.59 Å². The van der Waals surface area contributed by atoms with Crippen molar-refractivity contribution < 1.29 is 9.59 Å². The van der Waals surface area contributed by atoms with Gasteiger partial charge in [0.2, 0.25) is 5.91 Å². The number of hydrogen-bond acceptors (Lipinski definition) is 3. The molecule has 1 aromatic carbocycles. The average molecular weight is 421 g/mol. The van der Waals surface area contributed by atoms with Crippen LogP contribution in [0.4, 0.5) is 10.5 Å². The van der Waals surface area contributed by atoms with Crippen LogP contribution in [0.5, 0.6) is 0 Å². The summed E-state index contributed by atoms with van der Waals surface area (Å²) >= 11 is 0. The molecule has 4 N–H and O–H groups in total. The van der Waals surface area contributed by atoms with Crippen LogP contribution in [0.1, 0.15) is 44.9 Å². The van der Waals surface area contributed by atoms with Crippen molar-refractivity contribution in [2.45, 2.75) is 57.0 Å². The predicted molar refractivity (Wildman–Crippen MR) is 117 cm³/mol. The van der Waals surface area contributed by atoms with E-state index >= 15 is 0 Å². The number of nitrogens with one attached hydrogen (secondary N) is 2. The first-order valence-electron chi connectivity index (χ1n) is 10.8. The fraction of sp³-hybridized carbons (Fsp3) is 0.636. The van der Waals surface area contributed by atoms with E-state index in [4.69, 9.17) is 5.73 Å². The van der Waals surface area contributed by atoms with Crippen molar-refractivity contribution in [2.75, 3.05) is 18.4 Å². The highest BCUT2D eigenvalue weighted by molar-refractivity contribution is 5.90. The third-order valence-electron chi connectivity index (χ3n) is 6.79. The molecule has 3 unspecified atom stereocenters. The van der Waals surface area contributed by atoms with E-state index in [1.807, 2.05) is 30.3 Å². The van der Waals surface area contributed by atoms with Crippen LogP contribution in [-0.2, 0) is 4.79 Å². The van der Waals surface area contributed by atoms with Gasteiger partial charge in [0.1, 0.15) is 0 Å². The Morgan fingerprint density at radius 2 is 1.69 bits per heavy atom. The fourth-order valence-corrected chi connectivity index (χ4v) is 5.41. The summed E-state index contributed by atoms with van der Waals surface area (Å²) in [6.07, 6.45) is 7.36. The minimum atomic E-state index is -0.121. The molecule has 3 amide bonds. The van der Waals surface area contributed by atoms with Crippen LogP contribution in [0.3, 0.4) is 0 Å². The Bertz CT molecular complexity index is 687. The highest BCUT2D eigenvalue weighted by Crippen LogP contribution is 2.39. The Morgan fingerprint density at radius 3 is 2.38 bits per heavy atom. The molecule has 1 aliphatic heterocycles. The van der Waals surface area contributed by atoms with Crippen LogP contribution in [0.2, 0.25) is 0 Å². The molecule has 3 fully saturated rings. The van der Waals surface area contributed by atoms with Crippen molar-refractivity contribution in [3.8, 4) is 0 Å². The number of fused-ring (bicyclic) bond motifs is 2. The van der Waals surface area contributed by atoms with E-state index in [0.29, 0.717) is 24.9 Å². The summed E-state index contributed by atoms with van der Waals surface area (Å²) in [4.78, 5) is 27.4. The van der Waals surface area contributed by atoms with Crippen LogP contribution >= 0.6 is 12.4 Å². The zero-order chi connectivity index (χ0) is 19.5. The summed E-state index contributed by atoms with van der Waals surface area (Å²) in [6, 6.07) is 9.90. The van der Waals surface area contributed by atoms with Crippen LogP contribution < -0.4 is 16.4 Å². The molecule has 1 heterocycles. The number of anilines is 1. The van der Waals surface area contributed by atoms with Gasteiger partial charge in [0, 0.05) is 30.9 Å². The molecule has 3 aliphatic rings. The standard InChI is InChI=1S/C22H32N4O2.ClH/c23-18-12-15-6-4-7-16(13-18)20(15)25-21(27)17-8-5-11-26(14-17)22(28)24-19-9-2-1-3-10-19;/h1-3,9-10,15-18,20H,4-8,11-14,23H2,(H,24,28)(H,25,27);1H. The molecule has 2 saturated carbocycles. The number of carbonyl (C=O) groups is 2. The van der Waals surface area contributed by atoms with E-state index in [0.717, 1.165) is 31.4 Å². The number of carbonyl (C=O) groups excluding carboxylic acids is 2. The maximum atomic E-state index is 13.0. The summed E-state index contributed by atoms with van der Waals surface area (Å²) in [5.74, 6) is 1.04. The number of piperidine rings is 1.